The normalized spacial score (nSPS) is 46.5. The molecule has 6 rings (SSSR count). The number of aliphatic hydroxyl groups excluding tert-OH is 3. The van der Waals surface area contributed by atoms with Crippen LogP contribution < -0.4 is 9.47 Å². The Morgan fingerprint density at radius 1 is 1.24 bits per heavy atom. The van der Waals surface area contributed by atoms with Crippen LogP contribution in [0.3, 0.4) is 0 Å². The van der Waals surface area contributed by atoms with Crippen molar-refractivity contribution in [1.82, 2.24) is 4.90 Å². The van der Waals surface area contributed by atoms with Crippen molar-refractivity contribution in [3.63, 3.8) is 0 Å². The summed E-state index contributed by atoms with van der Waals surface area (Å²) in [5.41, 5.74) is -1.55. The molecular weight excluding hydrogens is 450 g/mol. The molecule has 11 heteroatoms. The average molecular weight is 480 g/mol. The van der Waals surface area contributed by atoms with Crippen LogP contribution in [0.5, 0.6) is 11.5 Å². The maximum atomic E-state index is 13.1. The van der Waals surface area contributed by atoms with Gasteiger partial charge in [-0.2, -0.15) is 0 Å². The number of carboxylic acid groups (broad SMARTS) is 1. The first kappa shape index (κ1) is 19.0. The number of aliphatic carboxylic acids is 1. The lowest BCUT2D eigenvalue weighted by Gasteiger charge is -2.62. The van der Waals surface area contributed by atoms with E-state index in [0.29, 0.717) is 11.1 Å². The smallest absolute Gasteiger partial charge is 0.335 e. The summed E-state index contributed by atoms with van der Waals surface area (Å²) in [5, 5.41) is 52.0. The molecule has 0 aromatic heterocycles. The third kappa shape index (κ3) is 2.57. The number of Topliss-reactive ketones (excluding diaryl/α,β-unsaturated/α-hetero) is 1. The number of carboxylic acids is 1. The molecule has 2 saturated heterocycles. The number of hydrogen-bond acceptors (Lipinski definition) is 10. The summed E-state index contributed by atoms with van der Waals surface area (Å²) in [5.74, 6) is -1.68. The molecule has 34 heavy (non-hydrogen) atoms. The summed E-state index contributed by atoms with van der Waals surface area (Å²) in [6.45, 7) is -2.34. The molecule has 5 N–H and O–H groups in total. The fourth-order valence-corrected chi connectivity index (χ4v) is 6.68. The highest BCUT2D eigenvalue weighted by atomic mass is 16.7. The molecule has 1 aromatic rings. The van der Waals surface area contributed by atoms with E-state index in [4.69, 9.17) is 18.3 Å². The Hall–Kier alpha value is -2.28. The van der Waals surface area contributed by atoms with E-state index in [9.17, 15) is 35.1 Å². The maximum absolute atomic E-state index is 13.1. The minimum atomic E-state index is -2.44. The minimum absolute atomic E-state index is 0.00257. The summed E-state index contributed by atoms with van der Waals surface area (Å²) in [6.07, 6.45) is -9.80. The number of rotatable bonds is 3. The molecule has 1 saturated carbocycles. The zero-order chi connectivity index (χ0) is 26.7. The molecule has 3 fully saturated rings. The van der Waals surface area contributed by atoms with Crippen molar-refractivity contribution in [3.05, 3.63) is 23.3 Å². The molecule has 184 valence electrons. The van der Waals surface area contributed by atoms with Gasteiger partial charge in [0.25, 0.3) is 0 Å². The number of ketones is 1. The van der Waals surface area contributed by atoms with Crippen LogP contribution in [0.4, 0.5) is 0 Å². The number of carbonyl (C=O) groups excluding carboxylic acids is 1. The van der Waals surface area contributed by atoms with E-state index >= 15 is 0 Å². The first-order valence-electron chi connectivity index (χ1n) is 12.8. The van der Waals surface area contributed by atoms with E-state index in [2.05, 4.69) is 0 Å². The number of piperidine rings is 1. The van der Waals surface area contributed by atoms with E-state index in [-0.39, 0.29) is 49.5 Å². The Morgan fingerprint density at radius 2 is 2.03 bits per heavy atom. The van der Waals surface area contributed by atoms with Crippen LogP contribution in [0.2, 0.25) is 0 Å². The molecule has 2 aliphatic carbocycles. The van der Waals surface area contributed by atoms with E-state index in [1.807, 2.05) is 0 Å². The number of hydrogen-bond donors (Lipinski definition) is 5. The topological polar surface area (TPSA) is 166 Å². The second-order valence-corrected chi connectivity index (χ2v) is 9.80. The molecule has 5 aliphatic rings. The first-order chi connectivity index (χ1) is 17.3. The Kier molecular flexibility index (Phi) is 3.98. The maximum Gasteiger partial charge on any atom is 0.335 e. The second kappa shape index (κ2) is 7.12. The van der Waals surface area contributed by atoms with E-state index in [1.54, 1.807) is 6.07 Å². The molecule has 1 spiro atoms. The molecule has 9 atom stereocenters. The minimum Gasteiger partial charge on any atom is -0.479 e. The third-order valence-corrected chi connectivity index (χ3v) is 8.30. The Balaban J connectivity index is 1.44. The lowest BCUT2D eigenvalue weighted by molar-refractivity contribution is -0.271. The predicted molar refractivity (Wildman–Crippen MR) is 111 cm³/mol. The second-order valence-electron chi connectivity index (χ2n) is 9.80. The number of likely N-dealkylation sites (N-methyl/N-ethyl adjacent to an activating group) is 1. The monoisotopic (exact) mass is 480 g/mol. The van der Waals surface area contributed by atoms with Crippen molar-refractivity contribution >= 4 is 11.8 Å². The lowest BCUT2D eigenvalue weighted by atomic mass is 9.49. The third-order valence-electron chi connectivity index (χ3n) is 8.30. The van der Waals surface area contributed by atoms with E-state index < -0.39 is 66.8 Å². The number of benzene rings is 1. The average Bonchev–Trinajstić information content (AvgIpc) is 3.17. The SMILES string of the molecule is [2H]C([2H])([2H])N1CC[C@]23c4c5ccc(O[C@@H]6OC(C(=O)O)[C@@H](O)[C@@H](O)C6O)c4O[C@H]2C(=O)CC[C@@]3(O)[C@H]1C5. The van der Waals surface area contributed by atoms with Crippen molar-refractivity contribution in [1.29, 1.82) is 0 Å². The molecule has 0 amide bonds. The van der Waals surface area contributed by atoms with Gasteiger partial charge in [-0.15, -0.1) is 0 Å². The van der Waals surface area contributed by atoms with Gasteiger partial charge in [-0.25, -0.2) is 4.79 Å². The highest BCUT2D eigenvalue weighted by molar-refractivity contribution is 5.90. The van der Waals surface area contributed by atoms with Crippen LogP contribution in [0.15, 0.2) is 12.1 Å². The van der Waals surface area contributed by atoms with Crippen LogP contribution in [-0.2, 0) is 26.2 Å². The highest BCUT2D eigenvalue weighted by Gasteiger charge is 2.73. The van der Waals surface area contributed by atoms with Crippen LogP contribution >= 0.6 is 0 Å². The van der Waals surface area contributed by atoms with Gasteiger partial charge in [0.2, 0.25) is 6.29 Å². The van der Waals surface area contributed by atoms with Gasteiger partial charge in [0.1, 0.15) is 18.3 Å². The Bertz CT molecular complexity index is 1180. The molecular formula is C23H27NO10. The first-order valence-corrected chi connectivity index (χ1v) is 11.3. The van der Waals surface area contributed by atoms with E-state index in [0.717, 1.165) is 0 Å². The zero-order valence-electron chi connectivity index (χ0n) is 21.0. The van der Waals surface area contributed by atoms with Crippen LogP contribution in [0.1, 0.15) is 34.5 Å². The molecule has 0 radical (unpaired) electrons. The molecule has 2 bridgehead atoms. The number of ether oxygens (including phenoxy) is 3. The van der Waals surface area contributed by atoms with Gasteiger partial charge in [-0.05, 0) is 44.4 Å². The lowest BCUT2D eigenvalue weighted by Crippen LogP contribution is -2.76. The zero-order valence-corrected chi connectivity index (χ0v) is 18.0. The van der Waals surface area contributed by atoms with Crippen molar-refractivity contribution < 1.29 is 53.4 Å². The van der Waals surface area contributed by atoms with Gasteiger partial charge < -0.3 is 44.6 Å². The Morgan fingerprint density at radius 3 is 2.76 bits per heavy atom. The number of aliphatic hydroxyl groups is 4. The largest absolute Gasteiger partial charge is 0.479 e. The van der Waals surface area contributed by atoms with Crippen LogP contribution in [-0.4, -0.2) is 104 Å². The van der Waals surface area contributed by atoms with Crippen molar-refractivity contribution in [3.8, 4) is 11.5 Å². The molecule has 1 aromatic carbocycles. The van der Waals surface area contributed by atoms with Crippen molar-refractivity contribution in [2.75, 3.05) is 13.5 Å². The predicted octanol–water partition coefficient (Wildman–Crippen LogP) is -1.69. The quantitative estimate of drug-likeness (QED) is 0.335. The summed E-state index contributed by atoms with van der Waals surface area (Å²) in [7, 11) is 0. The van der Waals surface area contributed by atoms with Gasteiger partial charge in [-0.1, -0.05) is 6.07 Å². The summed E-state index contributed by atoms with van der Waals surface area (Å²) < 4.78 is 41.2. The summed E-state index contributed by atoms with van der Waals surface area (Å²) in [4.78, 5) is 25.9. The Labute approximate surface area is 198 Å². The van der Waals surface area contributed by atoms with Gasteiger partial charge in [-0.3, -0.25) is 4.79 Å². The van der Waals surface area contributed by atoms with E-state index in [1.165, 1.54) is 11.0 Å². The molecule has 2 unspecified atom stereocenters. The highest BCUT2D eigenvalue weighted by Crippen LogP contribution is 2.64. The van der Waals surface area contributed by atoms with Crippen LogP contribution in [0.25, 0.3) is 0 Å². The molecule has 3 heterocycles. The van der Waals surface area contributed by atoms with Crippen molar-refractivity contribution in [2.24, 2.45) is 0 Å². The van der Waals surface area contributed by atoms with Gasteiger partial charge in [0, 0.05) is 22.1 Å². The summed E-state index contributed by atoms with van der Waals surface area (Å²) >= 11 is 0. The number of likely N-dealkylation sites (tertiary alicyclic amines) is 1. The van der Waals surface area contributed by atoms with Gasteiger partial charge in [0.15, 0.2) is 29.5 Å². The van der Waals surface area contributed by atoms with Gasteiger partial charge in [0.05, 0.1) is 11.0 Å². The summed E-state index contributed by atoms with van der Waals surface area (Å²) in [6, 6.07) is 2.36. The van der Waals surface area contributed by atoms with Crippen LogP contribution in [0, 0.1) is 0 Å². The number of carbonyl (C=O) groups is 2. The van der Waals surface area contributed by atoms with Crippen molar-refractivity contribution in [2.45, 2.75) is 79.6 Å². The van der Waals surface area contributed by atoms with Gasteiger partial charge >= 0.3 is 5.97 Å². The number of nitrogens with zero attached hydrogens (tertiary/aromatic N) is 1. The molecule has 11 nitrogen and oxygen atoms in total. The molecule has 3 aliphatic heterocycles. The standard InChI is InChI=1S/C23H27NO10/c1-24-7-6-22-13-9-2-3-11(32-21-16(28)14(26)15(27)18(34-21)20(29)30)17(13)33-19(22)10(25)4-5-23(22,31)12(24)8-9/h2-3,12,14-16,18-19,21,26-28,31H,4-8H2,1H3,(H,29,30)/t12-,14-,15+,16?,18?,19+,21-,22+,23-/m1/s1/i1D3. The fraction of sp³-hybridized carbons (Fsp3) is 0.652. The fourth-order valence-electron chi connectivity index (χ4n) is 6.68.